The number of pyridine rings is 1. The van der Waals surface area contributed by atoms with Crippen molar-refractivity contribution in [1.29, 1.82) is 0 Å². The second-order valence-electron chi connectivity index (χ2n) is 4.92. The number of hydrogen-bond donors (Lipinski definition) is 2. The average Bonchev–Trinajstić information content (AvgIpc) is 2.38. The topological polar surface area (TPSA) is 54.2 Å². The van der Waals surface area contributed by atoms with Crippen LogP contribution in [0.3, 0.4) is 0 Å². The average molecular weight is 264 g/mol. The van der Waals surface area contributed by atoms with Gasteiger partial charge >= 0.3 is 0 Å². The van der Waals surface area contributed by atoms with Crippen LogP contribution in [-0.2, 0) is 0 Å². The van der Waals surface area contributed by atoms with E-state index in [1.807, 2.05) is 12.1 Å². The van der Waals surface area contributed by atoms with Gasteiger partial charge in [-0.2, -0.15) is 0 Å². The minimum atomic E-state index is 0.344. The number of hydrogen-bond acceptors (Lipinski definition) is 4. The van der Waals surface area contributed by atoms with Crippen LogP contribution in [0, 0.1) is 5.92 Å². The molecule has 0 spiro atoms. The molecule has 1 aromatic heterocycles. The van der Waals surface area contributed by atoms with Crippen molar-refractivity contribution < 1.29 is 0 Å². The predicted molar refractivity (Wildman–Crippen MR) is 78.8 cm³/mol. The van der Waals surface area contributed by atoms with Crippen LogP contribution in [0.25, 0.3) is 0 Å². The first-order chi connectivity index (χ1) is 8.65. The molecule has 0 aromatic carbocycles. The van der Waals surface area contributed by atoms with Gasteiger partial charge in [-0.3, -0.25) is 4.98 Å². The van der Waals surface area contributed by atoms with Gasteiger partial charge in [0.25, 0.3) is 0 Å². The second kappa shape index (κ2) is 6.11. The van der Waals surface area contributed by atoms with E-state index in [0.717, 1.165) is 18.2 Å². The van der Waals surface area contributed by atoms with Gasteiger partial charge < -0.3 is 16.0 Å². The third-order valence-electron chi connectivity index (χ3n) is 3.45. The summed E-state index contributed by atoms with van der Waals surface area (Å²) < 4.78 is 0. The quantitative estimate of drug-likeness (QED) is 0.807. The molecule has 0 amide bonds. The zero-order valence-corrected chi connectivity index (χ0v) is 11.5. The van der Waals surface area contributed by atoms with Gasteiger partial charge in [-0.15, -0.1) is 0 Å². The largest absolute Gasteiger partial charge is 0.388 e. The number of anilines is 1. The van der Waals surface area contributed by atoms with Crippen molar-refractivity contribution in [3.8, 4) is 0 Å². The van der Waals surface area contributed by atoms with Gasteiger partial charge in [0.15, 0.2) is 0 Å². The molecule has 18 heavy (non-hydrogen) atoms. The maximum Gasteiger partial charge on any atom is 0.122 e. The number of rotatable bonds is 4. The van der Waals surface area contributed by atoms with Crippen molar-refractivity contribution in [2.24, 2.45) is 11.7 Å². The standard InChI is InChI=1S/C13H20N4S/c1-17-6-4-10(5-7-17)8-15-11-2-3-12(13(14)18)16-9-11/h2-3,9-10,15H,4-8H2,1H3,(H2,14,18). The summed E-state index contributed by atoms with van der Waals surface area (Å²) in [6, 6.07) is 3.84. The summed E-state index contributed by atoms with van der Waals surface area (Å²) in [7, 11) is 2.18. The Morgan fingerprint density at radius 3 is 2.78 bits per heavy atom. The Hall–Kier alpha value is -1.20. The maximum atomic E-state index is 5.51. The molecule has 0 bridgehead atoms. The monoisotopic (exact) mass is 264 g/mol. The summed E-state index contributed by atoms with van der Waals surface area (Å²) in [5.74, 6) is 0.761. The van der Waals surface area contributed by atoms with Crippen LogP contribution >= 0.6 is 12.2 Å². The van der Waals surface area contributed by atoms with Gasteiger partial charge in [0.1, 0.15) is 4.99 Å². The normalized spacial score (nSPS) is 17.6. The molecule has 1 fully saturated rings. The summed E-state index contributed by atoms with van der Waals surface area (Å²) in [6.07, 6.45) is 4.33. The lowest BCUT2D eigenvalue weighted by Gasteiger charge is -2.29. The van der Waals surface area contributed by atoms with Gasteiger partial charge in [0.2, 0.25) is 0 Å². The van der Waals surface area contributed by atoms with Crippen molar-refractivity contribution in [2.75, 3.05) is 32.0 Å². The smallest absolute Gasteiger partial charge is 0.122 e. The highest BCUT2D eigenvalue weighted by Crippen LogP contribution is 2.17. The van der Waals surface area contributed by atoms with E-state index in [0.29, 0.717) is 10.7 Å². The third kappa shape index (κ3) is 3.65. The molecular weight excluding hydrogens is 244 g/mol. The van der Waals surface area contributed by atoms with Crippen LogP contribution in [0.1, 0.15) is 18.5 Å². The summed E-state index contributed by atoms with van der Waals surface area (Å²) >= 11 is 4.87. The number of nitrogens with two attached hydrogens (primary N) is 1. The molecule has 1 aliphatic heterocycles. The molecular formula is C13H20N4S. The van der Waals surface area contributed by atoms with E-state index in [1.54, 1.807) is 6.20 Å². The molecule has 2 heterocycles. The first kappa shape index (κ1) is 13.2. The molecule has 4 nitrogen and oxygen atoms in total. The fourth-order valence-electron chi connectivity index (χ4n) is 2.17. The second-order valence-corrected chi connectivity index (χ2v) is 5.36. The number of piperidine rings is 1. The lowest BCUT2D eigenvalue weighted by Crippen LogP contribution is -2.32. The molecule has 1 saturated heterocycles. The van der Waals surface area contributed by atoms with Crippen LogP contribution < -0.4 is 11.1 Å². The van der Waals surface area contributed by atoms with E-state index in [-0.39, 0.29) is 0 Å². The minimum Gasteiger partial charge on any atom is -0.388 e. The molecule has 0 unspecified atom stereocenters. The van der Waals surface area contributed by atoms with E-state index in [9.17, 15) is 0 Å². The van der Waals surface area contributed by atoms with Crippen LogP contribution in [0.5, 0.6) is 0 Å². The third-order valence-corrected chi connectivity index (χ3v) is 3.66. The van der Waals surface area contributed by atoms with Crippen LogP contribution in [0.2, 0.25) is 0 Å². The Kier molecular flexibility index (Phi) is 4.49. The lowest BCUT2D eigenvalue weighted by atomic mass is 9.97. The Balaban J connectivity index is 1.81. The number of nitrogens with one attached hydrogen (secondary N) is 1. The number of likely N-dealkylation sites (tertiary alicyclic amines) is 1. The van der Waals surface area contributed by atoms with Crippen molar-refractivity contribution in [1.82, 2.24) is 9.88 Å². The number of thiocarbonyl (C=S) groups is 1. The van der Waals surface area contributed by atoms with Crippen molar-refractivity contribution in [3.63, 3.8) is 0 Å². The van der Waals surface area contributed by atoms with Gasteiger partial charge in [-0.1, -0.05) is 12.2 Å². The molecule has 98 valence electrons. The molecule has 2 rings (SSSR count). The number of aromatic nitrogens is 1. The molecule has 0 aliphatic carbocycles. The van der Waals surface area contributed by atoms with Crippen LogP contribution in [-0.4, -0.2) is 41.6 Å². The predicted octanol–water partition coefficient (Wildman–Crippen LogP) is 1.47. The van der Waals surface area contributed by atoms with Crippen LogP contribution in [0.15, 0.2) is 18.3 Å². The highest BCUT2D eigenvalue weighted by atomic mass is 32.1. The number of nitrogens with zero attached hydrogens (tertiary/aromatic N) is 2. The first-order valence-corrected chi connectivity index (χ1v) is 6.74. The highest BCUT2D eigenvalue weighted by Gasteiger charge is 2.16. The van der Waals surface area contributed by atoms with Crippen molar-refractivity contribution in [2.45, 2.75) is 12.8 Å². The Bertz CT molecular complexity index is 396. The van der Waals surface area contributed by atoms with E-state index in [4.69, 9.17) is 18.0 Å². The van der Waals surface area contributed by atoms with Crippen molar-refractivity contribution in [3.05, 3.63) is 24.0 Å². The van der Waals surface area contributed by atoms with E-state index < -0.39 is 0 Å². The Morgan fingerprint density at radius 2 is 2.22 bits per heavy atom. The van der Waals surface area contributed by atoms with Crippen LogP contribution in [0.4, 0.5) is 5.69 Å². The van der Waals surface area contributed by atoms with Crippen molar-refractivity contribution >= 4 is 22.9 Å². The summed E-state index contributed by atoms with van der Waals surface area (Å²) in [5, 5.41) is 3.43. The summed E-state index contributed by atoms with van der Waals surface area (Å²) in [4.78, 5) is 6.95. The molecule has 0 atom stereocenters. The van der Waals surface area contributed by atoms with Gasteiger partial charge in [0, 0.05) is 6.54 Å². The highest BCUT2D eigenvalue weighted by molar-refractivity contribution is 7.80. The van der Waals surface area contributed by atoms with E-state index >= 15 is 0 Å². The first-order valence-electron chi connectivity index (χ1n) is 6.33. The van der Waals surface area contributed by atoms with Gasteiger partial charge in [-0.25, -0.2) is 0 Å². The molecule has 5 heteroatoms. The summed E-state index contributed by atoms with van der Waals surface area (Å²) in [6.45, 7) is 3.41. The van der Waals surface area contributed by atoms with Gasteiger partial charge in [0.05, 0.1) is 17.6 Å². The van der Waals surface area contributed by atoms with E-state index in [2.05, 4.69) is 22.2 Å². The molecule has 0 saturated carbocycles. The SMILES string of the molecule is CN1CCC(CNc2ccc(C(N)=S)nc2)CC1. The fraction of sp³-hybridized carbons (Fsp3) is 0.538. The Morgan fingerprint density at radius 1 is 1.50 bits per heavy atom. The summed E-state index contributed by atoms with van der Waals surface area (Å²) in [5.41, 5.74) is 7.22. The minimum absolute atomic E-state index is 0.344. The maximum absolute atomic E-state index is 5.51. The molecule has 1 aromatic rings. The molecule has 3 N–H and O–H groups in total. The Labute approximate surface area is 114 Å². The zero-order chi connectivity index (χ0) is 13.0. The lowest BCUT2D eigenvalue weighted by molar-refractivity contribution is 0.226. The zero-order valence-electron chi connectivity index (χ0n) is 10.7. The van der Waals surface area contributed by atoms with Gasteiger partial charge in [-0.05, 0) is 51.0 Å². The van der Waals surface area contributed by atoms with E-state index in [1.165, 1.54) is 25.9 Å². The molecule has 0 radical (unpaired) electrons. The molecule has 1 aliphatic rings. The fourth-order valence-corrected chi connectivity index (χ4v) is 2.29.